The topological polar surface area (TPSA) is 87.1 Å². The maximum Gasteiger partial charge on any atom is 0.295 e. The number of benzene rings is 3. The van der Waals surface area contributed by atoms with Crippen molar-refractivity contribution in [3.8, 4) is 11.5 Å². The number of hydrogen-bond acceptors (Lipinski definition) is 5. The van der Waals surface area contributed by atoms with Crippen LogP contribution in [0.1, 0.15) is 39.4 Å². The van der Waals surface area contributed by atoms with Gasteiger partial charge in [-0.25, -0.2) is 0 Å². The van der Waals surface area contributed by atoms with Gasteiger partial charge in [-0.15, -0.1) is 0 Å². The van der Waals surface area contributed by atoms with Gasteiger partial charge in [-0.05, 0) is 67.3 Å². The van der Waals surface area contributed by atoms with E-state index in [0.29, 0.717) is 5.56 Å². The van der Waals surface area contributed by atoms with Gasteiger partial charge in [-0.1, -0.05) is 47.5 Å². The van der Waals surface area contributed by atoms with E-state index in [9.17, 15) is 19.8 Å². The number of rotatable bonds is 5. The summed E-state index contributed by atoms with van der Waals surface area (Å²) in [7, 11) is 1.42. The summed E-state index contributed by atoms with van der Waals surface area (Å²) in [5.74, 6) is -1.63. The van der Waals surface area contributed by atoms with Crippen LogP contribution in [0.2, 0.25) is 5.02 Å². The Balaban J connectivity index is 1.94. The highest BCUT2D eigenvalue weighted by Gasteiger charge is 2.46. The molecular weight excluding hydrogens is 466 g/mol. The van der Waals surface area contributed by atoms with E-state index in [0.717, 1.165) is 22.3 Å². The van der Waals surface area contributed by atoms with Crippen molar-refractivity contribution in [3.63, 3.8) is 0 Å². The van der Waals surface area contributed by atoms with Gasteiger partial charge in [0.25, 0.3) is 11.7 Å². The van der Waals surface area contributed by atoms with Gasteiger partial charge in [0.05, 0.1) is 29.3 Å². The van der Waals surface area contributed by atoms with Crippen LogP contribution >= 0.6 is 11.6 Å². The molecule has 1 fully saturated rings. The number of phenolic OH excluding ortho intramolecular Hbond substituents is 1. The number of ether oxygens (including phenoxy) is 1. The lowest BCUT2D eigenvalue weighted by Crippen LogP contribution is -2.29. The van der Waals surface area contributed by atoms with Gasteiger partial charge < -0.3 is 19.8 Å². The molecule has 1 atom stereocenters. The third-order valence-corrected chi connectivity index (χ3v) is 6.52. The van der Waals surface area contributed by atoms with E-state index >= 15 is 0 Å². The van der Waals surface area contributed by atoms with E-state index in [1.807, 2.05) is 32.0 Å². The number of carbonyl (C=O) groups excluding carboxylic acids is 2. The smallest absolute Gasteiger partial charge is 0.295 e. The Morgan fingerprint density at radius 3 is 2.34 bits per heavy atom. The summed E-state index contributed by atoms with van der Waals surface area (Å²) >= 11 is 6.34. The minimum Gasteiger partial charge on any atom is -0.508 e. The monoisotopic (exact) mass is 491 g/mol. The van der Waals surface area contributed by atoms with Crippen molar-refractivity contribution in [3.05, 3.63) is 98.6 Å². The number of phenols is 1. The van der Waals surface area contributed by atoms with Gasteiger partial charge in [0.2, 0.25) is 0 Å². The predicted molar refractivity (Wildman–Crippen MR) is 135 cm³/mol. The van der Waals surface area contributed by atoms with Crippen molar-refractivity contribution in [1.82, 2.24) is 4.90 Å². The fraction of sp³-hybridized carbons (Fsp3) is 0.214. The molecule has 7 heteroatoms. The number of nitrogens with zero attached hydrogens (tertiary/aromatic N) is 1. The van der Waals surface area contributed by atoms with Crippen LogP contribution in [0.5, 0.6) is 11.5 Å². The lowest BCUT2D eigenvalue weighted by Gasteiger charge is -2.26. The molecule has 1 unspecified atom stereocenters. The third kappa shape index (κ3) is 4.49. The third-order valence-electron chi connectivity index (χ3n) is 6.24. The van der Waals surface area contributed by atoms with Gasteiger partial charge >= 0.3 is 0 Å². The highest BCUT2D eigenvalue weighted by Crippen LogP contribution is 2.43. The van der Waals surface area contributed by atoms with Gasteiger partial charge in [0.1, 0.15) is 17.3 Å². The number of aliphatic hydroxyl groups is 1. The van der Waals surface area contributed by atoms with E-state index in [4.69, 9.17) is 16.3 Å². The summed E-state index contributed by atoms with van der Waals surface area (Å²) in [5.41, 5.74) is 4.40. The van der Waals surface area contributed by atoms with Crippen LogP contribution in [0, 0.1) is 20.8 Å². The Labute approximate surface area is 209 Å². The maximum absolute atomic E-state index is 13.4. The molecular formula is C28H26ClNO5. The highest BCUT2D eigenvalue weighted by atomic mass is 35.5. The molecule has 0 radical (unpaired) electrons. The molecule has 35 heavy (non-hydrogen) atoms. The van der Waals surface area contributed by atoms with E-state index in [-0.39, 0.29) is 40.0 Å². The molecule has 3 aromatic rings. The van der Waals surface area contributed by atoms with Crippen LogP contribution in [0.4, 0.5) is 0 Å². The summed E-state index contributed by atoms with van der Waals surface area (Å²) in [4.78, 5) is 28.1. The molecule has 3 aromatic carbocycles. The average molecular weight is 492 g/mol. The van der Waals surface area contributed by atoms with Crippen molar-refractivity contribution in [2.24, 2.45) is 0 Å². The van der Waals surface area contributed by atoms with Crippen LogP contribution in [-0.4, -0.2) is 33.9 Å². The van der Waals surface area contributed by atoms with E-state index < -0.39 is 17.7 Å². The van der Waals surface area contributed by atoms with Crippen LogP contribution in [0.3, 0.4) is 0 Å². The summed E-state index contributed by atoms with van der Waals surface area (Å²) in [6.45, 7) is 5.88. The minimum atomic E-state index is -0.875. The molecule has 0 saturated carbocycles. The SMILES string of the molecule is COc1c(Cl)cc(C)cc1/C(O)=C1\C(=O)C(=O)N(Cc2cc(C)ccc2C)C1c1ccc(O)cc1. The number of aromatic hydroxyl groups is 1. The van der Waals surface area contributed by atoms with Crippen LogP contribution in [-0.2, 0) is 16.1 Å². The molecule has 0 aliphatic carbocycles. The normalized spacial score (nSPS) is 17.2. The van der Waals surface area contributed by atoms with Gasteiger partial charge in [-0.3, -0.25) is 9.59 Å². The summed E-state index contributed by atoms with van der Waals surface area (Å²) in [6.07, 6.45) is 0. The molecule has 4 rings (SSSR count). The number of aliphatic hydroxyl groups excluding tert-OH is 1. The molecule has 1 aliphatic rings. The predicted octanol–water partition coefficient (Wildman–Crippen LogP) is 5.60. The lowest BCUT2D eigenvalue weighted by atomic mass is 9.94. The second-order valence-electron chi connectivity index (χ2n) is 8.78. The van der Waals surface area contributed by atoms with Crippen LogP contribution in [0.25, 0.3) is 5.76 Å². The minimum absolute atomic E-state index is 0.0485. The number of halogens is 1. The van der Waals surface area contributed by atoms with Crippen molar-refractivity contribution >= 4 is 29.1 Å². The zero-order chi connectivity index (χ0) is 25.4. The Bertz CT molecular complexity index is 1360. The standard InChI is InChI=1S/C28H26ClNO5/c1-15-5-6-17(3)19(11-15)14-30-24(18-7-9-20(31)10-8-18)23(26(33)28(30)34)25(32)21-12-16(2)13-22(29)27(21)35-4/h5-13,24,31-32H,14H2,1-4H3/b25-23+. The number of ketones is 1. The Morgan fingerprint density at radius 1 is 1.00 bits per heavy atom. The number of hydrogen-bond donors (Lipinski definition) is 2. The van der Waals surface area contributed by atoms with Crippen molar-refractivity contribution in [1.29, 1.82) is 0 Å². The van der Waals surface area contributed by atoms with E-state index in [1.165, 1.54) is 24.1 Å². The second-order valence-corrected chi connectivity index (χ2v) is 9.18. The Hall–Kier alpha value is -3.77. The van der Waals surface area contributed by atoms with Crippen LogP contribution < -0.4 is 4.74 Å². The molecule has 0 bridgehead atoms. The number of amides is 1. The summed E-state index contributed by atoms with van der Waals surface area (Å²) < 4.78 is 5.41. The van der Waals surface area contributed by atoms with E-state index in [2.05, 4.69) is 0 Å². The number of likely N-dealkylation sites (tertiary alicyclic amines) is 1. The largest absolute Gasteiger partial charge is 0.508 e. The molecule has 180 valence electrons. The number of methoxy groups -OCH3 is 1. The first-order valence-corrected chi connectivity index (χ1v) is 11.5. The summed E-state index contributed by atoms with van der Waals surface area (Å²) in [5, 5.41) is 21.5. The molecule has 6 nitrogen and oxygen atoms in total. The van der Waals surface area contributed by atoms with Gasteiger partial charge in [0, 0.05) is 6.54 Å². The molecule has 0 spiro atoms. The quantitative estimate of drug-likeness (QED) is 0.275. The molecule has 1 heterocycles. The first-order chi connectivity index (χ1) is 16.6. The van der Waals surface area contributed by atoms with Crippen LogP contribution in [0.15, 0.2) is 60.2 Å². The van der Waals surface area contributed by atoms with E-state index in [1.54, 1.807) is 31.2 Å². The fourth-order valence-electron chi connectivity index (χ4n) is 4.46. The molecule has 0 aromatic heterocycles. The zero-order valence-corrected chi connectivity index (χ0v) is 20.7. The number of carbonyl (C=O) groups is 2. The van der Waals surface area contributed by atoms with Gasteiger partial charge in [-0.2, -0.15) is 0 Å². The van der Waals surface area contributed by atoms with Crippen molar-refractivity contribution < 1.29 is 24.5 Å². The number of Topliss-reactive ketones (excluding diaryl/α,β-unsaturated/α-hetero) is 1. The molecule has 2 N–H and O–H groups in total. The number of aryl methyl sites for hydroxylation is 3. The average Bonchev–Trinajstić information content (AvgIpc) is 3.06. The van der Waals surface area contributed by atoms with Crippen molar-refractivity contribution in [2.75, 3.05) is 7.11 Å². The zero-order valence-electron chi connectivity index (χ0n) is 19.9. The molecule has 1 saturated heterocycles. The van der Waals surface area contributed by atoms with Gasteiger partial charge in [0.15, 0.2) is 0 Å². The first-order valence-electron chi connectivity index (χ1n) is 11.1. The second kappa shape index (κ2) is 9.47. The Kier molecular flexibility index (Phi) is 6.59. The lowest BCUT2D eigenvalue weighted by molar-refractivity contribution is -0.140. The first kappa shape index (κ1) is 24.4. The molecule has 1 amide bonds. The van der Waals surface area contributed by atoms with Crippen molar-refractivity contribution in [2.45, 2.75) is 33.4 Å². The summed E-state index contributed by atoms with van der Waals surface area (Å²) in [6, 6.07) is 14.6. The Morgan fingerprint density at radius 2 is 1.69 bits per heavy atom. The highest BCUT2D eigenvalue weighted by molar-refractivity contribution is 6.46. The molecule has 1 aliphatic heterocycles. The fourth-order valence-corrected chi connectivity index (χ4v) is 4.81. The maximum atomic E-state index is 13.4.